The van der Waals surface area contributed by atoms with Crippen LogP contribution in [0.25, 0.3) is 0 Å². The Hall–Kier alpha value is -0.880. The minimum atomic E-state index is 0.722. The third-order valence-electron chi connectivity index (χ3n) is 1.48. The smallest absolute Gasteiger partial charge is 0.256 e. The molecular formula is C9H11NOS. The average Bonchev–Trinajstić information content (AvgIpc) is 2.32. The predicted molar refractivity (Wildman–Crippen MR) is 50.2 cm³/mol. The fourth-order valence-electron chi connectivity index (χ4n) is 0.702. The third-order valence-corrected chi connectivity index (χ3v) is 2.31. The molecule has 0 aromatic carbocycles. The molecule has 1 heterocycles. The van der Waals surface area contributed by atoms with Crippen molar-refractivity contribution in [2.45, 2.75) is 25.5 Å². The molecule has 2 nitrogen and oxygen atoms in total. The number of oxazole rings is 1. The van der Waals surface area contributed by atoms with Gasteiger partial charge in [-0.25, -0.2) is 4.98 Å². The third kappa shape index (κ3) is 2.31. The van der Waals surface area contributed by atoms with E-state index in [0.29, 0.717) is 0 Å². The zero-order chi connectivity index (χ0) is 8.97. The molecule has 0 saturated carbocycles. The molecule has 64 valence electrons. The van der Waals surface area contributed by atoms with Crippen LogP contribution in [0.4, 0.5) is 0 Å². The SMILES string of the molecule is C#CCCSc1nc(C)c(C)o1. The van der Waals surface area contributed by atoms with E-state index in [0.717, 1.165) is 28.9 Å². The van der Waals surface area contributed by atoms with Gasteiger partial charge in [-0.1, -0.05) is 11.8 Å². The summed E-state index contributed by atoms with van der Waals surface area (Å²) in [7, 11) is 0. The van der Waals surface area contributed by atoms with Crippen molar-refractivity contribution < 1.29 is 4.42 Å². The van der Waals surface area contributed by atoms with Gasteiger partial charge >= 0.3 is 0 Å². The van der Waals surface area contributed by atoms with Crippen LogP contribution >= 0.6 is 11.8 Å². The van der Waals surface area contributed by atoms with Crippen LogP contribution in [0.5, 0.6) is 0 Å². The fourth-order valence-corrected chi connectivity index (χ4v) is 1.48. The van der Waals surface area contributed by atoms with Gasteiger partial charge in [-0.15, -0.1) is 12.3 Å². The quantitative estimate of drug-likeness (QED) is 0.407. The summed E-state index contributed by atoms with van der Waals surface area (Å²) in [6.07, 6.45) is 5.87. The van der Waals surface area contributed by atoms with Gasteiger partial charge in [0.1, 0.15) is 5.76 Å². The normalized spacial score (nSPS) is 9.75. The lowest BCUT2D eigenvalue weighted by molar-refractivity contribution is 0.431. The molecule has 0 saturated heterocycles. The van der Waals surface area contributed by atoms with E-state index in [1.165, 1.54) is 0 Å². The zero-order valence-corrected chi connectivity index (χ0v) is 8.07. The van der Waals surface area contributed by atoms with Crippen molar-refractivity contribution in [1.29, 1.82) is 0 Å². The summed E-state index contributed by atoms with van der Waals surface area (Å²) in [5, 5.41) is 0.722. The number of hydrogen-bond donors (Lipinski definition) is 0. The summed E-state index contributed by atoms with van der Waals surface area (Å²) in [5.41, 5.74) is 0.957. The summed E-state index contributed by atoms with van der Waals surface area (Å²) in [4.78, 5) is 4.21. The number of thioether (sulfide) groups is 1. The van der Waals surface area contributed by atoms with E-state index in [2.05, 4.69) is 10.9 Å². The van der Waals surface area contributed by atoms with Crippen LogP contribution in [-0.4, -0.2) is 10.7 Å². The number of rotatable bonds is 3. The molecule has 0 amide bonds. The molecule has 0 fully saturated rings. The van der Waals surface area contributed by atoms with Crippen molar-refractivity contribution in [2.75, 3.05) is 5.75 Å². The Balaban J connectivity index is 2.48. The van der Waals surface area contributed by atoms with Gasteiger partial charge in [0.2, 0.25) is 0 Å². The first-order valence-electron chi connectivity index (χ1n) is 3.74. The Bertz CT molecular complexity index is 278. The van der Waals surface area contributed by atoms with Gasteiger partial charge in [-0.3, -0.25) is 0 Å². The first-order valence-corrected chi connectivity index (χ1v) is 4.73. The maximum absolute atomic E-state index is 5.34. The van der Waals surface area contributed by atoms with E-state index >= 15 is 0 Å². The van der Waals surface area contributed by atoms with E-state index in [4.69, 9.17) is 10.8 Å². The van der Waals surface area contributed by atoms with Gasteiger partial charge in [0, 0.05) is 12.2 Å². The lowest BCUT2D eigenvalue weighted by Crippen LogP contribution is -1.76. The summed E-state index contributed by atoms with van der Waals surface area (Å²) in [6, 6.07) is 0. The molecule has 0 aliphatic carbocycles. The van der Waals surface area contributed by atoms with Crippen molar-refractivity contribution in [3.05, 3.63) is 11.5 Å². The number of terminal acetylenes is 1. The van der Waals surface area contributed by atoms with Crippen molar-refractivity contribution >= 4 is 11.8 Å². The second-order valence-corrected chi connectivity index (χ2v) is 3.47. The molecule has 0 radical (unpaired) electrons. The molecule has 1 rings (SSSR count). The summed E-state index contributed by atoms with van der Waals surface area (Å²) < 4.78 is 5.34. The van der Waals surface area contributed by atoms with E-state index in [9.17, 15) is 0 Å². The van der Waals surface area contributed by atoms with Crippen LogP contribution in [0, 0.1) is 26.2 Å². The highest BCUT2D eigenvalue weighted by Gasteiger charge is 2.04. The van der Waals surface area contributed by atoms with E-state index in [1.807, 2.05) is 13.8 Å². The highest BCUT2D eigenvalue weighted by atomic mass is 32.2. The molecule has 1 aromatic heterocycles. The molecule has 3 heteroatoms. The molecule has 0 spiro atoms. The maximum Gasteiger partial charge on any atom is 0.256 e. The lowest BCUT2D eigenvalue weighted by Gasteiger charge is -1.89. The maximum atomic E-state index is 5.34. The van der Waals surface area contributed by atoms with Crippen LogP contribution in [0.2, 0.25) is 0 Å². The van der Waals surface area contributed by atoms with Gasteiger partial charge in [-0.2, -0.15) is 0 Å². The Labute approximate surface area is 76.8 Å². The Morgan fingerprint density at radius 1 is 1.58 bits per heavy atom. The van der Waals surface area contributed by atoms with Crippen molar-refractivity contribution in [1.82, 2.24) is 4.98 Å². The van der Waals surface area contributed by atoms with Gasteiger partial charge in [0.25, 0.3) is 5.22 Å². The molecule has 12 heavy (non-hydrogen) atoms. The van der Waals surface area contributed by atoms with Crippen molar-refractivity contribution in [3.63, 3.8) is 0 Å². The van der Waals surface area contributed by atoms with E-state index in [1.54, 1.807) is 11.8 Å². The summed E-state index contributed by atoms with van der Waals surface area (Å²) in [5.74, 6) is 4.33. The molecule has 0 aliphatic rings. The van der Waals surface area contributed by atoms with E-state index < -0.39 is 0 Å². The average molecular weight is 181 g/mol. The topological polar surface area (TPSA) is 26.0 Å². The zero-order valence-electron chi connectivity index (χ0n) is 7.26. The molecule has 0 aliphatic heterocycles. The second kappa shape index (κ2) is 4.22. The molecule has 0 atom stereocenters. The number of nitrogens with zero attached hydrogens (tertiary/aromatic N) is 1. The summed E-state index contributed by atoms with van der Waals surface area (Å²) in [6.45, 7) is 3.84. The molecular weight excluding hydrogens is 170 g/mol. The molecule has 0 bridgehead atoms. The van der Waals surface area contributed by atoms with Crippen LogP contribution < -0.4 is 0 Å². The number of aryl methyl sites for hydroxylation is 2. The minimum absolute atomic E-state index is 0.722. The van der Waals surface area contributed by atoms with Crippen LogP contribution in [-0.2, 0) is 0 Å². The first-order chi connectivity index (χ1) is 5.74. The Morgan fingerprint density at radius 2 is 2.33 bits per heavy atom. The minimum Gasteiger partial charge on any atom is -0.437 e. The highest BCUT2D eigenvalue weighted by Crippen LogP contribution is 2.20. The Kier molecular flexibility index (Phi) is 3.24. The van der Waals surface area contributed by atoms with E-state index in [-0.39, 0.29) is 0 Å². The van der Waals surface area contributed by atoms with Crippen LogP contribution in [0.15, 0.2) is 9.64 Å². The van der Waals surface area contributed by atoms with Crippen molar-refractivity contribution in [2.24, 2.45) is 0 Å². The lowest BCUT2D eigenvalue weighted by atomic mass is 10.4. The van der Waals surface area contributed by atoms with Crippen LogP contribution in [0.3, 0.4) is 0 Å². The van der Waals surface area contributed by atoms with Crippen molar-refractivity contribution in [3.8, 4) is 12.3 Å². The van der Waals surface area contributed by atoms with Gasteiger partial charge in [0.05, 0.1) is 5.69 Å². The molecule has 1 aromatic rings. The fraction of sp³-hybridized carbons (Fsp3) is 0.444. The standard InChI is InChI=1S/C9H11NOS/c1-4-5-6-12-9-10-7(2)8(3)11-9/h1H,5-6H2,2-3H3. The first kappa shape index (κ1) is 9.21. The summed E-state index contributed by atoms with van der Waals surface area (Å²) >= 11 is 1.56. The second-order valence-electron chi connectivity index (χ2n) is 2.42. The van der Waals surface area contributed by atoms with Crippen LogP contribution in [0.1, 0.15) is 17.9 Å². The largest absolute Gasteiger partial charge is 0.437 e. The molecule has 0 unspecified atom stereocenters. The van der Waals surface area contributed by atoms with Gasteiger partial charge < -0.3 is 4.42 Å². The van der Waals surface area contributed by atoms with Gasteiger partial charge in [-0.05, 0) is 13.8 Å². The van der Waals surface area contributed by atoms with Gasteiger partial charge in [0.15, 0.2) is 0 Å². The Morgan fingerprint density at radius 3 is 2.83 bits per heavy atom. The predicted octanol–water partition coefficient (Wildman–Crippen LogP) is 2.41. The number of hydrogen-bond acceptors (Lipinski definition) is 3. The monoisotopic (exact) mass is 181 g/mol. The number of aromatic nitrogens is 1. The highest BCUT2D eigenvalue weighted by molar-refractivity contribution is 7.99. The molecule has 0 N–H and O–H groups in total.